The molecular weight excluding hydrogens is 320 g/mol. The highest BCUT2D eigenvalue weighted by molar-refractivity contribution is 5.74. The molecule has 138 valence electrons. The lowest BCUT2D eigenvalue weighted by atomic mass is 10.1. The zero-order chi connectivity index (χ0) is 18.9. The zero-order valence-electron chi connectivity index (χ0n) is 16.5. The van der Waals surface area contributed by atoms with Crippen LogP contribution in [0, 0.1) is 12.8 Å². The van der Waals surface area contributed by atoms with Gasteiger partial charge in [0, 0.05) is 24.0 Å². The van der Waals surface area contributed by atoms with E-state index in [0.717, 1.165) is 35.6 Å². The highest BCUT2D eigenvalue weighted by Crippen LogP contribution is 2.24. The first-order valence-electron chi connectivity index (χ1n) is 9.24. The van der Waals surface area contributed by atoms with Gasteiger partial charge < -0.3 is 10.6 Å². The first-order valence-corrected chi connectivity index (χ1v) is 9.24. The Balaban J connectivity index is 2.26. The summed E-state index contributed by atoms with van der Waals surface area (Å²) < 4.78 is 0. The van der Waals surface area contributed by atoms with Crippen molar-refractivity contribution < 1.29 is 0 Å². The second-order valence-corrected chi connectivity index (χ2v) is 6.93. The molecule has 0 atom stereocenters. The van der Waals surface area contributed by atoms with Gasteiger partial charge in [0.1, 0.15) is 5.82 Å². The van der Waals surface area contributed by atoms with E-state index in [1.165, 1.54) is 5.56 Å². The van der Waals surface area contributed by atoms with Gasteiger partial charge in [-0.25, -0.2) is 4.98 Å². The lowest BCUT2D eigenvalue weighted by molar-refractivity contribution is 0.606. The van der Waals surface area contributed by atoms with Crippen LogP contribution < -0.4 is 10.6 Å². The Bertz CT molecular complexity index is 758. The van der Waals surface area contributed by atoms with Crippen molar-refractivity contribution in [1.82, 2.24) is 9.97 Å². The molecule has 0 spiro atoms. The van der Waals surface area contributed by atoms with Crippen LogP contribution in [-0.2, 0) is 0 Å². The number of allylic oxidation sites excluding steroid dienone is 4. The highest BCUT2D eigenvalue weighted by Gasteiger charge is 2.09. The topological polar surface area (TPSA) is 49.8 Å². The van der Waals surface area contributed by atoms with Crippen LogP contribution in [0.1, 0.15) is 45.2 Å². The van der Waals surface area contributed by atoms with E-state index < -0.39 is 0 Å². The molecule has 26 heavy (non-hydrogen) atoms. The average molecular weight is 351 g/mol. The number of aromatic nitrogens is 2. The zero-order valence-corrected chi connectivity index (χ0v) is 16.5. The van der Waals surface area contributed by atoms with Gasteiger partial charge in [0.2, 0.25) is 5.95 Å². The molecule has 0 fully saturated rings. The fourth-order valence-electron chi connectivity index (χ4n) is 2.44. The van der Waals surface area contributed by atoms with E-state index in [1.807, 2.05) is 37.4 Å². The van der Waals surface area contributed by atoms with E-state index in [1.54, 1.807) is 0 Å². The lowest BCUT2D eigenvalue weighted by Crippen LogP contribution is -2.10. The summed E-state index contributed by atoms with van der Waals surface area (Å²) in [4.78, 5) is 9.22. The van der Waals surface area contributed by atoms with E-state index in [9.17, 15) is 0 Å². The fraction of sp³-hybridized carbons (Fsp3) is 0.364. The van der Waals surface area contributed by atoms with Crippen LogP contribution in [0.15, 0.2) is 48.7 Å². The predicted octanol–water partition coefficient (Wildman–Crippen LogP) is 5.97. The van der Waals surface area contributed by atoms with Gasteiger partial charge in [-0.3, -0.25) is 0 Å². The van der Waals surface area contributed by atoms with E-state index in [-0.39, 0.29) is 0 Å². The molecule has 1 aromatic carbocycles. The molecule has 1 aromatic heterocycles. The number of rotatable bonds is 8. The molecule has 0 bridgehead atoms. The van der Waals surface area contributed by atoms with Crippen molar-refractivity contribution >= 4 is 23.0 Å². The summed E-state index contributed by atoms with van der Waals surface area (Å²) in [5.74, 6) is 2.12. The third-order valence-electron chi connectivity index (χ3n) is 4.07. The minimum absolute atomic E-state index is 0.600. The van der Waals surface area contributed by atoms with Crippen LogP contribution >= 0.6 is 0 Å². The molecule has 2 rings (SSSR count). The Labute approximate surface area is 157 Å². The summed E-state index contributed by atoms with van der Waals surface area (Å²) in [6, 6.07) is 8.22. The van der Waals surface area contributed by atoms with Gasteiger partial charge in [0.25, 0.3) is 0 Å². The normalized spacial score (nSPS) is 12.0. The van der Waals surface area contributed by atoms with Crippen LogP contribution in [-0.4, -0.2) is 16.5 Å². The maximum absolute atomic E-state index is 4.72. The minimum atomic E-state index is 0.600. The molecule has 0 saturated carbocycles. The summed E-state index contributed by atoms with van der Waals surface area (Å²) in [5, 5.41) is 6.77. The van der Waals surface area contributed by atoms with Crippen LogP contribution in [0.25, 0.3) is 5.57 Å². The molecule has 1 heterocycles. The first kappa shape index (κ1) is 19.7. The predicted molar refractivity (Wildman–Crippen MR) is 113 cm³/mol. The molecule has 0 amide bonds. The molecular formula is C22H30N4. The summed E-state index contributed by atoms with van der Waals surface area (Å²) in [7, 11) is 0. The van der Waals surface area contributed by atoms with Gasteiger partial charge in [0.15, 0.2) is 0 Å². The number of aryl methyl sites for hydroxylation is 1. The molecule has 0 aliphatic rings. The van der Waals surface area contributed by atoms with Gasteiger partial charge in [-0.15, -0.1) is 0 Å². The van der Waals surface area contributed by atoms with Gasteiger partial charge in [-0.1, -0.05) is 49.8 Å². The Morgan fingerprint density at radius 3 is 2.58 bits per heavy atom. The smallest absolute Gasteiger partial charge is 0.229 e. The molecule has 2 N–H and O–H groups in total. The molecule has 2 aromatic rings. The van der Waals surface area contributed by atoms with Gasteiger partial charge in [-0.05, 0) is 50.8 Å². The standard InChI is InChI=1S/C22H30N4/c1-6-7-8-18(5)20-15-24-22(25-19-11-9-17(4)10-12-19)26-21(20)23-14-13-16(2)3/h6-12,15-16H,13-14H2,1-5H3,(H2,23,24,25,26)/b7-6-,18-8+. The summed E-state index contributed by atoms with van der Waals surface area (Å²) >= 11 is 0. The SMILES string of the molecule is C/C=C\C=C(/C)c1cnc(Nc2ccc(C)cc2)nc1NCCC(C)C. The largest absolute Gasteiger partial charge is 0.369 e. The summed E-state index contributed by atoms with van der Waals surface area (Å²) in [6.07, 6.45) is 9.12. The maximum atomic E-state index is 4.72. The van der Waals surface area contributed by atoms with Crippen molar-refractivity contribution in [2.24, 2.45) is 5.92 Å². The Kier molecular flexibility index (Phi) is 7.39. The van der Waals surface area contributed by atoms with Crippen molar-refractivity contribution in [1.29, 1.82) is 0 Å². The fourth-order valence-corrected chi connectivity index (χ4v) is 2.44. The van der Waals surface area contributed by atoms with Gasteiger partial charge in [0.05, 0.1) is 0 Å². The van der Waals surface area contributed by atoms with Gasteiger partial charge >= 0.3 is 0 Å². The number of anilines is 3. The molecule has 4 nitrogen and oxygen atoms in total. The van der Waals surface area contributed by atoms with Crippen molar-refractivity contribution in [3.05, 3.63) is 59.8 Å². The van der Waals surface area contributed by atoms with Crippen molar-refractivity contribution in [3.63, 3.8) is 0 Å². The summed E-state index contributed by atoms with van der Waals surface area (Å²) in [5.41, 5.74) is 4.38. The highest BCUT2D eigenvalue weighted by atomic mass is 15.1. The van der Waals surface area contributed by atoms with Crippen LogP contribution in [0.4, 0.5) is 17.5 Å². The van der Waals surface area contributed by atoms with Crippen molar-refractivity contribution in [2.75, 3.05) is 17.2 Å². The Morgan fingerprint density at radius 1 is 1.19 bits per heavy atom. The summed E-state index contributed by atoms with van der Waals surface area (Å²) in [6.45, 7) is 11.5. The minimum Gasteiger partial charge on any atom is -0.369 e. The quantitative estimate of drug-likeness (QED) is 0.576. The van der Waals surface area contributed by atoms with E-state index in [2.05, 4.69) is 61.5 Å². The lowest BCUT2D eigenvalue weighted by Gasteiger charge is -2.14. The number of hydrogen-bond acceptors (Lipinski definition) is 4. The van der Waals surface area contributed by atoms with E-state index in [4.69, 9.17) is 4.98 Å². The third-order valence-corrected chi connectivity index (χ3v) is 4.07. The molecule has 0 saturated heterocycles. The second kappa shape index (κ2) is 9.76. The van der Waals surface area contributed by atoms with E-state index in [0.29, 0.717) is 11.9 Å². The number of hydrogen-bond donors (Lipinski definition) is 2. The van der Waals surface area contributed by atoms with E-state index >= 15 is 0 Å². The molecule has 0 aliphatic heterocycles. The van der Waals surface area contributed by atoms with Crippen molar-refractivity contribution in [2.45, 2.75) is 41.0 Å². The third kappa shape index (κ3) is 6.03. The molecule has 4 heteroatoms. The van der Waals surface area contributed by atoms with Crippen LogP contribution in [0.2, 0.25) is 0 Å². The Morgan fingerprint density at radius 2 is 1.92 bits per heavy atom. The number of nitrogens with one attached hydrogen (secondary N) is 2. The first-order chi connectivity index (χ1) is 12.5. The van der Waals surface area contributed by atoms with Gasteiger partial charge in [-0.2, -0.15) is 4.98 Å². The number of nitrogens with zero attached hydrogens (tertiary/aromatic N) is 2. The monoisotopic (exact) mass is 350 g/mol. The maximum Gasteiger partial charge on any atom is 0.229 e. The molecule has 0 radical (unpaired) electrons. The number of benzene rings is 1. The Hall–Kier alpha value is -2.62. The molecule has 0 aliphatic carbocycles. The average Bonchev–Trinajstić information content (AvgIpc) is 2.61. The van der Waals surface area contributed by atoms with Crippen LogP contribution in [0.5, 0.6) is 0 Å². The van der Waals surface area contributed by atoms with Crippen LogP contribution in [0.3, 0.4) is 0 Å². The second-order valence-electron chi connectivity index (χ2n) is 6.93. The molecule has 0 unspecified atom stereocenters. The van der Waals surface area contributed by atoms with Crippen molar-refractivity contribution in [3.8, 4) is 0 Å².